The van der Waals surface area contributed by atoms with Gasteiger partial charge in [0.25, 0.3) is 0 Å². The molecule has 0 bridgehead atoms. The quantitative estimate of drug-likeness (QED) is 0.783. The fraction of sp³-hybridized carbons (Fsp3) is 0.556. The molecule has 8 nitrogen and oxygen atoms in total. The Morgan fingerprint density at radius 3 is 2.15 bits per heavy atom. The lowest BCUT2D eigenvalue weighted by Crippen LogP contribution is -2.52. The number of piperazine rings is 1. The summed E-state index contributed by atoms with van der Waals surface area (Å²) in [6.45, 7) is 7.23. The van der Waals surface area contributed by atoms with E-state index < -0.39 is 16.1 Å². The SMILES string of the molecule is CCOC(=O)N1CCN(C(=O)CNS(=O)(=O)c2ccc(C(C)C)cc2)CC1. The van der Waals surface area contributed by atoms with Gasteiger partial charge in [-0.1, -0.05) is 26.0 Å². The third-order valence-electron chi connectivity index (χ3n) is 4.43. The molecule has 0 radical (unpaired) electrons. The lowest BCUT2D eigenvalue weighted by atomic mass is 10.0. The maximum absolute atomic E-state index is 12.4. The standard InChI is InChI=1S/C18H27N3O5S/c1-4-26-18(23)21-11-9-20(10-12-21)17(22)13-19-27(24,25)16-7-5-15(6-8-16)14(2)3/h5-8,14,19H,4,9-13H2,1-3H3. The fourth-order valence-corrected chi connectivity index (χ4v) is 3.71. The minimum atomic E-state index is -3.75. The first-order valence-electron chi connectivity index (χ1n) is 9.03. The average Bonchev–Trinajstić information content (AvgIpc) is 2.66. The molecule has 1 heterocycles. The Balaban J connectivity index is 1.87. The molecule has 0 saturated carbocycles. The number of sulfonamides is 1. The summed E-state index contributed by atoms with van der Waals surface area (Å²) in [5.41, 5.74) is 1.05. The van der Waals surface area contributed by atoms with Crippen molar-refractivity contribution in [2.75, 3.05) is 39.3 Å². The van der Waals surface area contributed by atoms with E-state index in [1.54, 1.807) is 36.1 Å². The summed E-state index contributed by atoms with van der Waals surface area (Å²) in [6, 6.07) is 6.63. The van der Waals surface area contributed by atoms with E-state index in [1.807, 2.05) is 13.8 Å². The summed E-state index contributed by atoms with van der Waals surface area (Å²) in [6.07, 6.45) is -0.393. The van der Waals surface area contributed by atoms with Crippen LogP contribution >= 0.6 is 0 Å². The summed E-state index contributed by atoms with van der Waals surface area (Å²) in [7, 11) is -3.75. The molecule has 150 valence electrons. The molecule has 1 aromatic carbocycles. The highest BCUT2D eigenvalue weighted by atomic mass is 32.2. The molecule has 9 heteroatoms. The number of rotatable bonds is 6. The van der Waals surface area contributed by atoms with Gasteiger partial charge < -0.3 is 14.5 Å². The van der Waals surface area contributed by atoms with Crippen LogP contribution in [0.1, 0.15) is 32.3 Å². The van der Waals surface area contributed by atoms with Crippen LogP contribution in [0.4, 0.5) is 4.79 Å². The Hall–Kier alpha value is -2.13. The Labute approximate surface area is 160 Å². The van der Waals surface area contributed by atoms with Crippen LogP contribution in [0.2, 0.25) is 0 Å². The van der Waals surface area contributed by atoms with Crippen molar-refractivity contribution in [3.63, 3.8) is 0 Å². The van der Waals surface area contributed by atoms with Crippen molar-refractivity contribution in [2.24, 2.45) is 0 Å². The van der Waals surface area contributed by atoms with Crippen LogP contribution in [0.5, 0.6) is 0 Å². The van der Waals surface area contributed by atoms with Crippen LogP contribution < -0.4 is 4.72 Å². The predicted octanol–water partition coefficient (Wildman–Crippen LogP) is 1.39. The number of nitrogens with zero attached hydrogens (tertiary/aromatic N) is 2. The van der Waals surface area contributed by atoms with Gasteiger partial charge in [-0.05, 0) is 30.5 Å². The van der Waals surface area contributed by atoms with Crippen molar-refractivity contribution in [3.05, 3.63) is 29.8 Å². The molecule has 2 rings (SSSR count). The molecular weight excluding hydrogens is 370 g/mol. The molecular formula is C18H27N3O5S. The van der Waals surface area contributed by atoms with Crippen LogP contribution in [0.15, 0.2) is 29.2 Å². The molecule has 1 aromatic rings. The van der Waals surface area contributed by atoms with Gasteiger partial charge in [0, 0.05) is 26.2 Å². The number of ether oxygens (including phenoxy) is 1. The lowest BCUT2D eigenvalue weighted by molar-refractivity contribution is -0.131. The van der Waals surface area contributed by atoms with Crippen LogP contribution in [0, 0.1) is 0 Å². The van der Waals surface area contributed by atoms with E-state index in [0.717, 1.165) is 5.56 Å². The minimum Gasteiger partial charge on any atom is -0.450 e. The molecule has 27 heavy (non-hydrogen) atoms. The van der Waals surface area contributed by atoms with E-state index in [4.69, 9.17) is 4.74 Å². The van der Waals surface area contributed by atoms with Gasteiger partial charge in [-0.25, -0.2) is 17.9 Å². The Bertz CT molecular complexity index is 754. The lowest BCUT2D eigenvalue weighted by Gasteiger charge is -2.34. The van der Waals surface area contributed by atoms with Crippen molar-refractivity contribution < 1.29 is 22.7 Å². The zero-order valence-electron chi connectivity index (χ0n) is 16.0. The Morgan fingerprint density at radius 1 is 1.07 bits per heavy atom. The zero-order valence-corrected chi connectivity index (χ0v) is 16.8. The number of nitrogens with one attached hydrogen (secondary N) is 1. The maximum atomic E-state index is 12.4. The van der Waals surface area contributed by atoms with Gasteiger partial charge in [-0.3, -0.25) is 4.79 Å². The second kappa shape index (κ2) is 9.18. The minimum absolute atomic E-state index is 0.131. The van der Waals surface area contributed by atoms with Gasteiger partial charge in [-0.15, -0.1) is 0 Å². The molecule has 1 aliphatic rings. The molecule has 1 N–H and O–H groups in total. The summed E-state index contributed by atoms with van der Waals surface area (Å²) >= 11 is 0. The van der Waals surface area contributed by atoms with E-state index in [9.17, 15) is 18.0 Å². The van der Waals surface area contributed by atoms with Crippen molar-refractivity contribution in [1.29, 1.82) is 0 Å². The van der Waals surface area contributed by atoms with Gasteiger partial charge in [-0.2, -0.15) is 0 Å². The number of amides is 2. The Kier molecular flexibility index (Phi) is 7.20. The number of carbonyl (C=O) groups excluding carboxylic acids is 2. The van der Waals surface area contributed by atoms with Gasteiger partial charge >= 0.3 is 6.09 Å². The third kappa shape index (κ3) is 5.67. The highest BCUT2D eigenvalue weighted by Crippen LogP contribution is 2.17. The van der Waals surface area contributed by atoms with Gasteiger partial charge in [0.15, 0.2) is 0 Å². The zero-order chi connectivity index (χ0) is 20.0. The summed E-state index contributed by atoms with van der Waals surface area (Å²) in [5.74, 6) is -0.00884. The molecule has 0 unspecified atom stereocenters. The largest absolute Gasteiger partial charge is 0.450 e. The number of carbonyl (C=O) groups is 2. The molecule has 0 aliphatic carbocycles. The maximum Gasteiger partial charge on any atom is 0.409 e. The van der Waals surface area contributed by atoms with E-state index >= 15 is 0 Å². The van der Waals surface area contributed by atoms with Crippen LogP contribution in [0.3, 0.4) is 0 Å². The van der Waals surface area contributed by atoms with Crippen LogP contribution in [-0.4, -0.2) is 69.5 Å². The molecule has 1 fully saturated rings. The molecule has 1 aliphatic heterocycles. The first-order valence-corrected chi connectivity index (χ1v) is 10.5. The van der Waals surface area contributed by atoms with E-state index in [1.165, 1.54) is 4.90 Å². The highest BCUT2D eigenvalue weighted by Gasteiger charge is 2.25. The number of hydrogen-bond acceptors (Lipinski definition) is 5. The molecule has 2 amide bonds. The van der Waals surface area contributed by atoms with Crippen LogP contribution in [-0.2, 0) is 19.6 Å². The first kappa shape index (κ1) is 21.2. The number of benzene rings is 1. The van der Waals surface area contributed by atoms with Gasteiger partial charge in [0.05, 0.1) is 18.0 Å². The predicted molar refractivity (Wildman–Crippen MR) is 101 cm³/mol. The van der Waals surface area contributed by atoms with E-state index in [0.29, 0.717) is 38.7 Å². The Morgan fingerprint density at radius 2 is 1.63 bits per heavy atom. The molecule has 0 atom stereocenters. The molecule has 0 aromatic heterocycles. The first-order chi connectivity index (χ1) is 12.7. The monoisotopic (exact) mass is 397 g/mol. The average molecular weight is 397 g/mol. The van der Waals surface area contributed by atoms with Crippen molar-refractivity contribution in [1.82, 2.24) is 14.5 Å². The third-order valence-corrected chi connectivity index (χ3v) is 5.85. The number of hydrogen-bond donors (Lipinski definition) is 1. The van der Waals surface area contributed by atoms with E-state index in [-0.39, 0.29) is 17.3 Å². The highest BCUT2D eigenvalue weighted by molar-refractivity contribution is 7.89. The van der Waals surface area contributed by atoms with E-state index in [2.05, 4.69) is 4.72 Å². The molecule has 0 spiro atoms. The molecule has 1 saturated heterocycles. The van der Waals surface area contributed by atoms with Gasteiger partial charge in [0.1, 0.15) is 0 Å². The smallest absolute Gasteiger partial charge is 0.409 e. The summed E-state index contributed by atoms with van der Waals surface area (Å²) < 4.78 is 32.0. The topological polar surface area (TPSA) is 96.0 Å². The van der Waals surface area contributed by atoms with Crippen molar-refractivity contribution in [3.8, 4) is 0 Å². The fourth-order valence-electron chi connectivity index (χ4n) is 2.74. The van der Waals surface area contributed by atoms with Crippen molar-refractivity contribution >= 4 is 22.0 Å². The second-order valence-electron chi connectivity index (χ2n) is 6.62. The second-order valence-corrected chi connectivity index (χ2v) is 8.38. The van der Waals surface area contributed by atoms with Crippen LogP contribution in [0.25, 0.3) is 0 Å². The summed E-state index contributed by atoms with van der Waals surface area (Å²) in [4.78, 5) is 27.2. The van der Waals surface area contributed by atoms with Gasteiger partial charge in [0.2, 0.25) is 15.9 Å². The summed E-state index contributed by atoms with van der Waals surface area (Å²) in [5, 5.41) is 0. The normalized spacial score (nSPS) is 15.1. The van der Waals surface area contributed by atoms with Crippen molar-refractivity contribution in [2.45, 2.75) is 31.6 Å².